The van der Waals surface area contributed by atoms with Crippen LogP contribution in [-0.2, 0) is 9.47 Å². The Morgan fingerprint density at radius 3 is 2.48 bits per heavy atom. The van der Waals surface area contributed by atoms with Gasteiger partial charge in [0.2, 0.25) is 0 Å². The highest BCUT2D eigenvalue weighted by Gasteiger charge is 2.64. The number of carbonyl (C=O) groups excluding carboxylic acids is 1. The molecule has 2 saturated carbocycles. The summed E-state index contributed by atoms with van der Waals surface area (Å²) in [6.07, 6.45) is 1.48. The van der Waals surface area contributed by atoms with Crippen molar-refractivity contribution in [1.82, 2.24) is 10.2 Å². The molecule has 0 aromatic heterocycles. The van der Waals surface area contributed by atoms with Crippen LogP contribution in [0.3, 0.4) is 0 Å². The largest absolute Gasteiger partial charge is 0.444 e. The first-order valence-electron chi connectivity index (χ1n) is 9.04. The van der Waals surface area contributed by atoms with E-state index < -0.39 is 5.60 Å². The minimum absolute atomic E-state index is 0.156. The van der Waals surface area contributed by atoms with Crippen LogP contribution in [0.1, 0.15) is 41.0 Å². The fourth-order valence-electron chi connectivity index (χ4n) is 5.12. The Hall–Kier alpha value is -0.810. The van der Waals surface area contributed by atoms with Crippen LogP contribution in [0.2, 0.25) is 0 Å². The van der Waals surface area contributed by atoms with E-state index in [9.17, 15) is 4.79 Å². The highest BCUT2D eigenvalue weighted by atomic mass is 16.6. The van der Waals surface area contributed by atoms with Gasteiger partial charge in [0.1, 0.15) is 5.60 Å². The van der Waals surface area contributed by atoms with Crippen molar-refractivity contribution in [2.45, 2.75) is 64.8 Å². The molecule has 130 valence electrons. The number of piperidine rings is 1. The summed E-state index contributed by atoms with van der Waals surface area (Å²) in [5.74, 6) is 1.91. The number of nitrogens with zero attached hydrogens (tertiary/aromatic N) is 1. The highest BCUT2D eigenvalue weighted by molar-refractivity contribution is 5.69. The van der Waals surface area contributed by atoms with Gasteiger partial charge in [-0.2, -0.15) is 0 Å². The van der Waals surface area contributed by atoms with Crippen molar-refractivity contribution in [2.75, 3.05) is 19.7 Å². The molecule has 4 rings (SSSR count). The van der Waals surface area contributed by atoms with Gasteiger partial charge in [-0.3, -0.25) is 0 Å². The van der Waals surface area contributed by atoms with Gasteiger partial charge in [0.15, 0.2) is 0 Å². The lowest BCUT2D eigenvalue weighted by Crippen LogP contribution is -2.66. The number of hydrogen-bond acceptors (Lipinski definition) is 4. The van der Waals surface area contributed by atoms with Gasteiger partial charge < -0.3 is 19.7 Å². The van der Waals surface area contributed by atoms with Crippen LogP contribution in [0.4, 0.5) is 4.79 Å². The molecular formula is C18H30N2O3. The number of likely N-dealkylation sites (tertiary alicyclic amines) is 1. The zero-order valence-electron chi connectivity index (χ0n) is 15.0. The van der Waals surface area contributed by atoms with Crippen LogP contribution < -0.4 is 5.32 Å². The van der Waals surface area contributed by atoms with Gasteiger partial charge in [-0.05, 0) is 39.0 Å². The molecule has 5 nitrogen and oxygen atoms in total. The number of hydrogen-bond donors (Lipinski definition) is 1. The van der Waals surface area contributed by atoms with Gasteiger partial charge in [0, 0.05) is 43.1 Å². The number of fused-ring (bicyclic) bond motifs is 2. The molecule has 23 heavy (non-hydrogen) atoms. The summed E-state index contributed by atoms with van der Waals surface area (Å²) in [5.41, 5.74) is -0.169. The lowest BCUT2D eigenvalue weighted by atomic mass is 9.57. The van der Waals surface area contributed by atoms with E-state index in [1.54, 1.807) is 0 Å². The van der Waals surface area contributed by atoms with Gasteiger partial charge in [-0.25, -0.2) is 4.79 Å². The summed E-state index contributed by atoms with van der Waals surface area (Å²) in [6, 6.07) is 1.15. The van der Waals surface area contributed by atoms with Crippen molar-refractivity contribution in [1.29, 1.82) is 0 Å². The molecule has 1 amide bonds. The van der Waals surface area contributed by atoms with E-state index in [1.807, 2.05) is 25.7 Å². The summed E-state index contributed by atoms with van der Waals surface area (Å²) >= 11 is 0. The average Bonchev–Trinajstić information content (AvgIpc) is 2.85. The first-order chi connectivity index (χ1) is 10.7. The number of nitrogens with one attached hydrogen (secondary N) is 1. The van der Waals surface area contributed by atoms with E-state index in [0.29, 0.717) is 35.9 Å². The summed E-state index contributed by atoms with van der Waals surface area (Å²) in [6.45, 7) is 13.0. The molecule has 0 spiro atoms. The maximum absolute atomic E-state index is 12.1. The fraction of sp³-hybridized carbons (Fsp3) is 0.944. The molecular weight excluding hydrogens is 292 g/mol. The van der Waals surface area contributed by atoms with Gasteiger partial charge in [0.05, 0.1) is 6.10 Å². The number of amides is 1. The zero-order chi connectivity index (χ0) is 16.6. The Kier molecular flexibility index (Phi) is 3.31. The molecule has 2 aliphatic heterocycles. The molecule has 2 heterocycles. The van der Waals surface area contributed by atoms with E-state index in [1.165, 1.54) is 6.42 Å². The number of ether oxygens (including phenoxy) is 2. The van der Waals surface area contributed by atoms with Crippen molar-refractivity contribution >= 4 is 6.09 Å². The van der Waals surface area contributed by atoms with Crippen molar-refractivity contribution in [3.05, 3.63) is 0 Å². The smallest absolute Gasteiger partial charge is 0.410 e. The standard InChI is InChI=1S/C18H30N2O3/c1-17(2,3)23-16(21)20-8-11-12(9-20)13(11)19-14-10-6-7-22-15(10)18(14,4)5/h10-15,19H,6-9H2,1-5H3. The SMILES string of the molecule is CC(C)(C)OC(=O)N1CC2C(C1)C2NC1C2CCOC2C1(C)C. The molecule has 4 aliphatic rings. The topological polar surface area (TPSA) is 50.8 Å². The van der Waals surface area contributed by atoms with E-state index in [0.717, 1.165) is 19.7 Å². The highest BCUT2D eigenvalue weighted by Crippen LogP contribution is 2.55. The van der Waals surface area contributed by atoms with Crippen LogP contribution in [-0.4, -0.2) is 54.5 Å². The third-order valence-electron chi connectivity index (χ3n) is 6.32. The van der Waals surface area contributed by atoms with E-state index >= 15 is 0 Å². The third-order valence-corrected chi connectivity index (χ3v) is 6.32. The Bertz CT molecular complexity index is 501. The summed E-state index contributed by atoms with van der Waals surface area (Å²) in [5, 5.41) is 3.90. The molecule has 1 N–H and O–H groups in total. The Balaban J connectivity index is 1.29. The van der Waals surface area contributed by atoms with Gasteiger partial charge in [0.25, 0.3) is 0 Å². The molecule has 0 bridgehead atoms. The van der Waals surface area contributed by atoms with Gasteiger partial charge >= 0.3 is 6.09 Å². The van der Waals surface area contributed by atoms with Crippen molar-refractivity contribution < 1.29 is 14.3 Å². The molecule has 4 fully saturated rings. The summed E-state index contributed by atoms with van der Waals surface area (Å²) < 4.78 is 11.4. The fourth-order valence-corrected chi connectivity index (χ4v) is 5.12. The van der Waals surface area contributed by atoms with E-state index in [2.05, 4.69) is 19.2 Å². The van der Waals surface area contributed by atoms with Crippen LogP contribution in [0.25, 0.3) is 0 Å². The predicted octanol–water partition coefficient (Wildman–Crippen LogP) is 2.25. The molecule has 2 aliphatic carbocycles. The quantitative estimate of drug-likeness (QED) is 0.847. The van der Waals surface area contributed by atoms with Gasteiger partial charge in [-0.15, -0.1) is 0 Å². The van der Waals surface area contributed by atoms with Crippen LogP contribution in [0, 0.1) is 23.2 Å². The first kappa shape index (κ1) is 15.7. The number of carbonyl (C=O) groups is 1. The maximum Gasteiger partial charge on any atom is 0.410 e. The summed E-state index contributed by atoms with van der Waals surface area (Å²) in [4.78, 5) is 14.0. The van der Waals surface area contributed by atoms with Gasteiger partial charge in [-0.1, -0.05) is 13.8 Å². The van der Waals surface area contributed by atoms with E-state index in [-0.39, 0.29) is 11.5 Å². The summed E-state index contributed by atoms with van der Waals surface area (Å²) in [7, 11) is 0. The second-order valence-corrected chi connectivity index (χ2v) is 9.45. The molecule has 2 saturated heterocycles. The number of rotatable bonds is 2. The molecule has 0 radical (unpaired) electrons. The van der Waals surface area contributed by atoms with Crippen molar-refractivity contribution in [3.63, 3.8) is 0 Å². The Labute approximate surface area is 139 Å². The molecule has 5 heteroatoms. The lowest BCUT2D eigenvalue weighted by Gasteiger charge is -2.55. The van der Waals surface area contributed by atoms with Crippen molar-refractivity contribution in [3.8, 4) is 0 Å². The maximum atomic E-state index is 12.1. The minimum Gasteiger partial charge on any atom is -0.444 e. The predicted molar refractivity (Wildman–Crippen MR) is 87.1 cm³/mol. The monoisotopic (exact) mass is 322 g/mol. The van der Waals surface area contributed by atoms with Crippen LogP contribution in [0.5, 0.6) is 0 Å². The molecule has 0 aromatic rings. The first-order valence-corrected chi connectivity index (χ1v) is 9.04. The molecule has 0 aromatic carbocycles. The Morgan fingerprint density at radius 2 is 1.87 bits per heavy atom. The average molecular weight is 322 g/mol. The van der Waals surface area contributed by atoms with E-state index in [4.69, 9.17) is 9.47 Å². The normalized spacial score (nSPS) is 43.6. The molecule has 5 unspecified atom stereocenters. The second-order valence-electron chi connectivity index (χ2n) is 9.45. The lowest BCUT2D eigenvalue weighted by molar-refractivity contribution is -0.113. The second kappa shape index (κ2) is 4.85. The minimum atomic E-state index is -0.408. The third kappa shape index (κ3) is 2.47. The molecule has 5 atom stereocenters. The van der Waals surface area contributed by atoms with Crippen LogP contribution in [0.15, 0.2) is 0 Å². The van der Waals surface area contributed by atoms with Crippen molar-refractivity contribution in [2.24, 2.45) is 23.2 Å². The zero-order valence-corrected chi connectivity index (χ0v) is 15.0. The van der Waals surface area contributed by atoms with Crippen LogP contribution >= 0.6 is 0 Å². The Morgan fingerprint density at radius 1 is 1.22 bits per heavy atom.